The van der Waals surface area contributed by atoms with Crippen molar-refractivity contribution in [1.29, 1.82) is 10.8 Å². The smallest absolute Gasteiger partial charge is 0.151 e. The molecule has 0 aromatic heterocycles. The van der Waals surface area contributed by atoms with E-state index in [2.05, 4.69) is 27.7 Å². The van der Waals surface area contributed by atoms with Gasteiger partial charge in [0.2, 0.25) is 0 Å². The number of hydrogen-bond donors (Lipinski definition) is 4. The highest BCUT2D eigenvalue weighted by Crippen LogP contribution is 2.31. The summed E-state index contributed by atoms with van der Waals surface area (Å²) >= 11 is 2.70. The first kappa shape index (κ1) is 16.9. The average molecular weight is 310 g/mol. The van der Waals surface area contributed by atoms with E-state index in [9.17, 15) is 0 Å². The Bertz CT molecular complexity index is 508. The zero-order valence-corrected chi connectivity index (χ0v) is 14.0. The standard InChI is InChI=1S/C14H22N4S2/c1-7-8(2)11(5-19-13(15)16)10(4)12(9(7)3)6-20-14(17)18/h5-6H2,1-4H3,(H3,15,16)(H3,17,18). The molecule has 0 fully saturated rings. The second-order valence-electron chi connectivity index (χ2n) is 4.76. The Hall–Kier alpha value is -1.14. The molecule has 6 N–H and O–H groups in total. The Kier molecular flexibility index (Phi) is 5.95. The fourth-order valence-electron chi connectivity index (χ4n) is 2.21. The van der Waals surface area contributed by atoms with Gasteiger partial charge in [-0.25, -0.2) is 0 Å². The summed E-state index contributed by atoms with van der Waals surface area (Å²) in [6.07, 6.45) is 0. The molecule has 0 spiro atoms. The van der Waals surface area contributed by atoms with Gasteiger partial charge in [0.25, 0.3) is 0 Å². The largest absolute Gasteiger partial charge is 0.379 e. The molecule has 1 aromatic rings. The molecule has 0 heterocycles. The van der Waals surface area contributed by atoms with E-state index >= 15 is 0 Å². The minimum absolute atomic E-state index is 0.140. The number of amidine groups is 2. The SMILES string of the molecule is Cc1c(C)c(CSC(=N)N)c(C)c(CSC(=N)N)c1C. The second-order valence-corrected chi connectivity index (χ2v) is 6.80. The van der Waals surface area contributed by atoms with Crippen LogP contribution in [0.3, 0.4) is 0 Å². The van der Waals surface area contributed by atoms with Crippen molar-refractivity contribution in [3.63, 3.8) is 0 Å². The predicted octanol–water partition coefficient (Wildman–Crippen LogP) is 3.17. The van der Waals surface area contributed by atoms with Crippen molar-refractivity contribution in [2.24, 2.45) is 11.5 Å². The third-order valence-electron chi connectivity index (χ3n) is 3.68. The van der Waals surface area contributed by atoms with Gasteiger partial charge in [-0.05, 0) is 61.1 Å². The van der Waals surface area contributed by atoms with Gasteiger partial charge in [0.1, 0.15) is 0 Å². The molecule has 1 rings (SSSR count). The summed E-state index contributed by atoms with van der Waals surface area (Å²) in [4.78, 5) is 0. The molecule has 0 aliphatic carbocycles. The van der Waals surface area contributed by atoms with Crippen LogP contribution in [0.2, 0.25) is 0 Å². The molecule has 4 nitrogen and oxygen atoms in total. The maximum Gasteiger partial charge on any atom is 0.151 e. The Labute approximate surface area is 129 Å². The molecular weight excluding hydrogens is 288 g/mol. The predicted molar refractivity (Wildman–Crippen MR) is 91.8 cm³/mol. The van der Waals surface area contributed by atoms with Gasteiger partial charge in [0, 0.05) is 11.5 Å². The number of thioether (sulfide) groups is 2. The number of benzene rings is 1. The van der Waals surface area contributed by atoms with Crippen LogP contribution in [0.25, 0.3) is 0 Å². The zero-order chi connectivity index (χ0) is 15.4. The van der Waals surface area contributed by atoms with Crippen molar-refractivity contribution < 1.29 is 0 Å². The highest BCUT2D eigenvalue weighted by Gasteiger charge is 2.15. The van der Waals surface area contributed by atoms with Gasteiger partial charge in [0.05, 0.1) is 0 Å². The van der Waals surface area contributed by atoms with E-state index in [1.165, 1.54) is 56.9 Å². The average Bonchev–Trinajstić information content (AvgIpc) is 2.35. The quantitative estimate of drug-likeness (QED) is 0.507. The third kappa shape index (κ3) is 3.93. The maximum atomic E-state index is 7.36. The van der Waals surface area contributed by atoms with E-state index in [1.807, 2.05) is 0 Å². The molecule has 0 aliphatic heterocycles. The molecule has 0 aliphatic rings. The first-order chi connectivity index (χ1) is 9.25. The molecular formula is C14H22N4S2. The minimum Gasteiger partial charge on any atom is -0.379 e. The molecule has 6 heteroatoms. The van der Waals surface area contributed by atoms with Gasteiger partial charge < -0.3 is 11.5 Å². The van der Waals surface area contributed by atoms with Gasteiger partial charge in [-0.15, -0.1) is 0 Å². The lowest BCUT2D eigenvalue weighted by Gasteiger charge is -2.20. The summed E-state index contributed by atoms with van der Waals surface area (Å²) in [5.41, 5.74) is 18.4. The van der Waals surface area contributed by atoms with Crippen molar-refractivity contribution in [3.05, 3.63) is 33.4 Å². The summed E-state index contributed by atoms with van der Waals surface area (Å²) in [6, 6.07) is 0. The van der Waals surface area contributed by atoms with Crippen molar-refractivity contribution in [2.75, 3.05) is 0 Å². The molecule has 0 atom stereocenters. The summed E-state index contributed by atoms with van der Waals surface area (Å²) in [7, 11) is 0. The lowest BCUT2D eigenvalue weighted by Crippen LogP contribution is -2.09. The van der Waals surface area contributed by atoms with E-state index in [1.54, 1.807) is 0 Å². The summed E-state index contributed by atoms with van der Waals surface area (Å²) in [5.74, 6) is 1.43. The van der Waals surface area contributed by atoms with Crippen LogP contribution in [0, 0.1) is 38.5 Å². The molecule has 0 amide bonds. The molecule has 20 heavy (non-hydrogen) atoms. The van der Waals surface area contributed by atoms with Gasteiger partial charge in [0.15, 0.2) is 10.3 Å². The van der Waals surface area contributed by atoms with Crippen LogP contribution in [0.4, 0.5) is 0 Å². The maximum absolute atomic E-state index is 7.36. The summed E-state index contributed by atoms with van der Waals surface area (Å²) in [6.45, 7) is 8.46. The van der Waals surface area contributed by atoms with Crippen LogP contribution in [0.5, 0.6) is 0 Å². The fourth-order valence-corrected chi connectivity index (χ4v) is 3.68. The zero-order valence-electron chi connectivity index (χ0n) is 12.4. The highest BCUT2D eigenvalue weighted by molar-refractivity contribution is 8.13. The van der Waals surface area contributed by atoms with Crippen molar-refractivity contribution in [3.8, 4) is 0 Å². The van der Waals surface area contributed by atoms with E-state index in [0.717, 1.165) is 0 Å². The molecule has 0 unspecified atom stereocenters. The monoisotopic (exact) mass is 310 g/mol. The van der Waals surface area contributed by atoms with Crippen molar-refractivity contribution in [1.82, 2.24) is 0 Å². The van der Waals surface area contributed by atoms with Gasteiger partial charge in [-0.2, -0.15) is 0 Å². The highest BCUT2D eigenvalue weighted by atomic mass is 32.2. The van der Waals surface area contributed by atoms with Crippen molar-refractivity contribution >= 4 is 33.9 Å². The first-order valence-electron chi connectivity index (χ1n) is 6.27. The molecule has 0 saturated carbocycles. The van der Waals surface area contributed by atoms with Crippen LogP contribution >= 0.6 is 23.5 Å². The number of rotatable bonds is 4. The Morgan fingerprint density at radius 1 is 0.750 bits per heavy atom. The molecule has 0 bridgehead atoms. The van der Waals surface area contributed by atoms with E-state index in [-0.39, 0.29) is 10.3 Å². The van der Waals surface area contributed by atoms with Gasteiger partial charge in [-0.1, -0.05) is 23.5 Å². The normalized spacial score (nSPS) is 10.6. The Balaban J connectivity index is 3.23. The van der Waals surface area contributed by atoms with E-state index < -0.39 is 0 Å². The van der Waals surface area contributed by atoms with Gasteiger partial charge in [-0.3, -0.25) is 10.8 Å². The molecule has 0 radical (unpaired) electrons. The Morgan fingerprint density at radius 3 is 1.40 bits per heavy atom. The second kappa shape index (κ2) is 7.04. The molecule has 110 valence electrons. The topological polar surface area (TPSA) is 99.7 Å². The summed E-state index contributed by atoms with van der Waals surface area (Å²) < 4.78 is 0. The molecule has 1 aromatic carbocycles. The van der Waals surface area contributed by atoms with Crippen LogP contribution in [-0.2, 0) is 11.5 Å². The minimum atomic E-state index is 0.140. The van der Waals surface area contributed by atoms with Crippen LogP contribution in [0.1, 0.15) is 33.4 Å². The third-order valence-corrected chi connectivity index (χ3v) is 5.17. The Morgan fingerprint density at radius 2 is 1.10 bits per heavy atom. The number of hydrogen-bond acceptors (Lipinski definition) is 4. The molecule has 0 saturated heterocycles. The van der Waals surface area contributed by atoms with E-state index in [4.69, 9.17) is 22.3 Å². The summed E-state index contributed by atoms with van der Waals surface area (Å²) in [5, 5.41) is 15.0. The van der Waals surface area contributed by atoms with Crippen molar-refractivity contribution in [2.45, 2.75) is 39.2 Å². The van der Waals surface area contributed by atoms with E-state index in [0.29, 0.717) is 11.5 Å². The first-order valence-corrected chi connectivity index (χ1v) is 8.24. The van der Waals surface area contributed by atoms with Crippen LogP contribution in [0.15, 0.2) is 0 Å². The fraction of sp³-hybridized carbons (Fsp3) is 0.429. The van der Waals surface area contributed by atoms with Crippen LogP contribution < -0.4 is 11.5 Å². The lowest BCUT2D eigenvalue weighted by molar-refractivity contribution is 1.11. The van der Waals surface area contributed by atoms with Crippen LogP contribution in [-0.4, -0.2) is 10.3 Å². The number of nitrogens with one attached hydrogen (secondary N) is 2. The van der Waals surface area contributed by atoms with Gasteiger partial charge >= 0.3 is 0 Å². The number of nitrogens with two attached hydrogens (primary N) is 2. The lowest BCUT2D eigenvalue weighted by atomic mass is 9.90.